The molecule has 0 aliphatic carbocycles. The third kappa shape index (κ3) is 3.24. The lowest BCUT2D eigenvalue weighted by Crippen LogP contribution is -2.35. The van der Waals surface area contributed by atoms with Gasteiger partial charge in [0.05, 0.1) is 6.54 Å². The molecule has 90 valence electrons. The zero-order chi connectivity index (χ0) is 12.9. The molecular formula is C9H10N4O3S. The topological polar surface area (TPSA) is 112 Å². The van der Waals surface area contributed by atoms with Crippen molar-refractivity contribution in [3.05, 3.63) is 24.0 Å². The van der Waals surface area contributed by atoms with Crippen molar-refractivity contribution in [3.63, 3.8) is 0 Å². The first-order chi connectivity index (χ1) is 8.01. The van der Waals surface area contributed by atoms with Crippen molar-refractivity contribution in [1.82, 2.24) is 15.0 Å². The lowest BCUT2D eigenvalue weighted by molar-refractivity contribution is -0.119. The van der Waals surface area contributed by atoms with Crippen molar-refractivity contribution in [2.24, 2.45) is 0 Å². The number of nitrogens with one attached hydrogen (secondary N) is 2. The van der Waals surface area contributed by atoms with E-state index in [9.17, 15) is 13.2 Å². The van der Waals surface area contributed by atoms with Gasteiger partial charge < -0.3 is 5.32 Å². The van der Waals surface area contributed by atoms with Gasteiger partial charge in [0.1, 0.15) is 11.0 Å². The molecule has 8 heteroatoms. The number of amides is 1. The Morgan fingerprint density at radius 1 is 1.59 bits per heavy atom. The quantitative estimate of drug-likeness (QED) is 0.714. The minimum Gasteiger partial charge on any atom is -0.358 e. The highest BCUT2D eigenvalue weighted by Gasteiger charge is 2.19. The van der Waals surface area contributed by atoms with Gasteiger partial charge in [-0.2, -0.15) is 5.26 Å². The predicted octanol–water partition coefficient (Wildman–Crippen LogP) is -1.02. The van der Waals surface area contributed by atoms with Gasteiger partial charge in [-0.15, -0.1) is 0 Å². The van der Waals surface area contributed by atoms with Gasteiger partial charge in [0.15, 0.2) is 5.69 Å². The van der Waals surface area contributed by atoms with Crippen LogP contribution in [0.1, 0.15) is 5.69 Å². The second-order valence-corrected chi connectivity index (χ2v) is 4.70. The molecule has 0 unspecified atom stereocenters. The van der Waals surface area contributed by atoms with Crippen LogP contribution < -0.4 is 10.0 Å². The van der Waals surface area contributed by atoms with Crippen LogP contribution in [-0.2, 0) is 14.8 Å². The molecular weight excluding hydrogens is 244 g/mol. The number of nitriles is 1. The van der Waals surface area contributed by atoms with Crippen molar-refractivity contribution < 1.29 is 13.2 Å². The molecule has 2 N–H and O–H groups in total. The molecule has 1 heterocycles. The summed E-state index contributed by atoms with van der Waals surface area (Å²) in [6, 6.07) is 4.32. The molecule has 0 aliphatic heterocycles. The molecule has 1 aromatic rings. The molecule has 7 nitrogen and oxygen atoms in total. The number of hydrogen-bond donors (Lipinski definition) is 2. The van der Waals surface area contributed by atoms with Crippen molar-refractivity contribution in [2.45, 2.75) is 4.90 Å². The summed E-state index contributed by atoms with van der Waals surface area (Å²) in [5.41, 5.74) is -0.211. The van der Waals surface area contributed by atoms with Crippen molar-refractivity contribution in [2.75, 3.05) is 13.6 Å². The largest absolute Gasteiger partial charge is 0.358 e. The molecule has 1 amide bonds. The second-order valence-electron chi connectivity index (χ2n) is 2.96. The Hall–Kier alpha value is -1.98. The molecule has 1 aromatic heterocycles. The maximum absolute atomic E-state index is 11.8. The molecule has 0 fully saturated rings. The van der Waals surface area contributed by atoms with Crippen LogP contribution in [0, 0.1) is 11.3 Å². The summed E-state index contributed by atoms with van der Waals surface area (Å²) in [6.07, 6.45) is 1.32. The van der Waals surface area contributed by atoms with E-state index < -0.39 is 22.5 Å². The minimum absolute atomic E-state index is 0.211. The van der Waals surface area contributed by atoms with Gasteiger partial charge in [0.2, 0.25) is 15.9 Å². The molecule has 0 saturated heterocycles. The average molecular weight is 254 g/mol. The van der Waals surface area contributed by atoms with Gasteiger partial charge in [-0.3, -0.25) is 4.79 Å². The number of likely N-dealkylation sites (N-methyl/N-ethyl adjacent to an activating group) is 1. The lowest BCUT2D eigenvalue weighted by atomic mass is 10.4. The first-order valence-corrected chi connectivity index (χ1v) is 6.05. The predicted molar refractivity (Wildman–Crippen MR) is 58.2 cm³/mol. The average Bonchev–Trinajstić information content (AvgIpc) is 2.35. The minimum atomic E-state index is -3.90. The first-order valence-electron chi connectivity index (χ1n) is 4.56. The van der Waals surface area contributed by atoms with Crippen molar-refractivity contribution >= 4 is 15.9 Å². The number of hydrogen-bond acceptors (Lipinski definition) is 5. The summed E-state index contributed by atoms with van der Waals surface area (Å²) in [5, 5.41) is 11.0. The van der Waals surface area contributed by atoms with Crippen LogP contribution in [0.15, 0.2) is 23.2 Å². The number of carbonyl (C=O) groups is 1. The lowest BCUT2D eigenvalue weighted by Gasteiger charge is -2.06. The molecule has 1 rings (SSSR count). The fourth-order valence-electron chi connectivity index (χ4n) is 1.02. The monoisotopic (exact) mass is 254 g/mol. The SMILES string of the molecule is CNC(=O)CNS(=O)(=O)c1cccnc1C#N. The van der Waals surface area contributed by atoms with E-state index in [1.165, 1.54) is 25.4 Å². The van der Waals surface area contributed by atoms with E-state index in [4.69, 9.17) is 5.26 Å². The molecule has 0 radical (unpaired) electrons. The second kappa shape index (κ2) is 5.38. The van der Waals surface area contributed by atoms with Crippen LogP contribution in [0.2, 0.25) is 0 Å². The number of rotatable bonds is 4. The van der Waals surface area contributed by atoms with E-state index in [-0.39, 0.29) is 10.6 Å². The van der Waals surface area contributed by atoms with Gasteiger partial charge in [0.25, 0.3) is 0 Å². The van der Waals surface area contributed by atoms with Crippen LogP contribution >= 0.6 is 0 Å². The Morgan fingerprint density at radius 2 is 2.29 bits per heavy atom. The van der Waals surface area contributed by atoms with Gasteiger partial charge in [-0.05, 0) is 12.1 Å². The zero-order valence-electron chi connectivity index (χ0n) is 8.97. The molecule has 17 heavy (non-hydrogen) atoms. The smallest absolute Gasteiger partial charge is 0.243 e. The van der Waals surface area contributed by atoms with E-state index in [2.05, 4.69) is 15.0 Å². The van der Waals surface area contributed by atoms with Crippen LogP contribution in [0.25, 0.3) is 0 Å². The highest BCUT2D eigenvalue weighted by Crippen LogP contribution is 2.10. The van der Waals surface area contributed by atoms with Crippen molar-refractivity contribution in [3.8, 4) is 6.07 Å². The van der Waals surface area contributed by atoms with Crippen LogP contribution in [0.4, 0.5) is 0 Å². The normalized spacial score (nSPS) is 10.6. The number of aromatic nitrogens is 1. The van der Waals surface area contributed by atoms with E-state index in [1.54, 1.807) is 6.07 Å². The summed E-state index contributed by atoms with van der Waals surface area (Å²) in [4.78, 5) is 14.3. The fourth-order valence-corrected chi connectivity index (χ4v) is 2.11. The summed E-state index contributed by atoms with van der Waals surface area (Å²) >= 11 is 0. The maximum atomic E-state index is 11.8. The van der Waals surface area contributed by atoms with Gasteiger partial charge in [-0.25, -0.2) is 18.1 Å². The molecule has 0 aromatic carbocycles. The summed E-state index contributed by atoms with van der Waals surface area (Å²) in [5.74, 6) is -0.476. The number of carbonyl (C=O) groups excluding carboxylic acids is 1. The van der Waals surface area contributed by atoms with Gasteiger partial charge in [0, 0.05) is 13.2 Å². The molecule has 0 aliphatic rings. The van der Waals surface area contributed by atoms with Crippen LogP contribution in [0.5, 0.6) is 0 Å². The van der Waals surface area contributed by atoms with Gasteiger partial charge in [-0.1, -0.05) is 0 Å². The summed E-state index contributed by atoms with van der Waals surface area (Å²) in [7, 11) is -2.51. The van der Waals surface area contributed by atoms with E-state index in [1.807, 2.05) is 0 Å². The Morgan fingerprint density at radius 3 is 2.88 bits per heavy atom. The Kier molecular flexibility index (Phi) is 4.14. The Bertz CT molecular complexity index is 562. The summed E-state index contributed by atoms with van der Waals surface area (Å²) < 4.78 is 25.6. The van der Waals surface area contributed by atoms with Crippen molar-refractivity contribution in [1.29, 1.82) is 5.26 Å². The third-order valence-corrected chi connectivity index (χ3v) is 3.30. The molecule has 0 bridgehead atoms. The highest BCUT2D eigenvalue weighted by molar-refractivity contribution is 7.89. The highest BCUT2D eigenvalue weighted by atomic mass is 32.2. The Balaban J connectivity index is 2.98. The maximum Gasteiger partial charge on any atom is 0.243 e. The first kappa shape index (κ1) is 13.1. The number of pyridine rings is 1. The molecule has 0 atom stereocenters. The zero-order valence-corrected chi connectivity index (χ0v) is 9.78. The van der Waals surface area contributed by atoms with E-state index in [0.29, 0.717) is 0 Å². The third-order valence-electron chi connectivity index (χ3n) is 1.87. The van der Waals surface area contributed by atoms with E-state index in [0.717, 1.165) is 0 Å². The van der Waals surface area contributed by atoms with E-state index >= 15 is 0 Å². The fraction of sp³-hybridized carbons (Fsp3) is 0.222. The molecule has 0 spiro atoms. The standard InChI is InChI=1S/C9H10N4O3S/c1-11-9(14)6-13-17(15,16)8-3-2-4-12-7(8)5-10/h2-4,13H,6H2,1H3,(H,11,14). The molecule has 0 saturated carbocycles. The number of sulfonamides is 1. The van der Waals surface area contributed by atoms with Gasteiger partial charge >= 0.3 is 0 Å². The van der Waals surface area contributed by atoms with Crippen LogP contribution in [0.3, 0.4) is 0 Å². The Labute approximate surface area is 98.5 Å². The van der Waals surface area contributed by atoms with Crippen LogP contribution in [-0.4, -0.2) is 32.9 Å². The summed E-state index contributed by atoms with van der Waals surface area (Å²) in [6.45, 7) is -0.390. The number of nitrogens with zero attached hydrogens (tertiary/aromatic N) is 2.